The predicted octanol–water partition coefficient (Wildman–Crippen LogP) is 2.72. The van der Waals surface area contributed by atoms with Crippen LogP contribution in [0, 0.1) is 5.41 Å². The zero-order valence-electron chi connectivity index (χ0n) is 18.3. The molecule has 0 aromatic heterocycles. The monoisotopic (exact) mass is 426 g/mol. The van der Waals surface area contributed by atoms with Crippen molar-refractivity contribution in [3.05, 3.63) is 35.9 Å². The van der Waals surface area contributed by atoms with E-state index in [1.165, 1.54) is 5.56 Å². The molecule has 168 valence electrons. The molecule has 3 aliphatic rings. The van der Waals surface area contributed by atoms with Crippen molar-refractivity contribution >= 4 is 17.6 Å². The summed E-state index contributed by atoms with van der Waals surface area (Å²) in [6, 6.07) is 9.76. The Morgan fingerprint density at radius 1 is 1.03 bits per heavy atom. The standard InChI is InChI=1S/C25H34N2O4/c28-18-25(14-5-6-15-25)22(29)24(31)27-20-12-8-13-21(27)23(30)26(17-20)16-7-4-11-19-9-2-1-3-10-19/h1-3,9-10,20-21,28H,4-8,11-18H2. The molecule has 2 heterocycles. The first kappa shape index (κ1) is 22.0. The van der Waals surface area contributed by atoms with Crippen LogP contribution in [-0.4, -0.2) is 64.3 Å². The first-order chi connectivity index (χ1) is 15.1. The number of carbonyl (C=O) groups is 3. The van der Waals surface area contributed by atoms with Crippen LogP contribution < -0.4 is 0 Å². The van der Waals surface area contributed by atoms with E-state index in [4.69, 9.17) is 0 Å². The zero-order valence-corrected chi connectivity index (χ0v) is 18.3. The van der Waals surface area contributed by atoms with Crippen molar-refractivity contribution in [1.29, 1.82) is 0 Å². The van der Waals surface area contributed by atoms with E-state index in [9.17, 15) is 19.5 Å². The van der Waals surface area contributed by atoms with Gasteiger partial charge >= 0.3 is 0 Å². The Kier molecular flexibility index (Phi) is 6.75. The zero-order chi connectivity index (χ0) is 21.8. The number of hydrogen-bond acceptors (Lipinski definition) is 4. The third-order valence-corrected chi connectivity index (χ3v) is 7.53. The third-order valence-electron chi connectivity index (χ3n) is 7.53. The number of nitrogens with zero attached hydrogens (tertiary/aromatic N) is 2. The number of benzene rings is 1. The van der Waals surface area contributed by atoms with Gasteiger partial charge in [0, 0.05) is 13.1 Å². The Labute approximate surface area is 184 Å². The molecule has 1 saturated carbocycles. The number of piperidine rings is 1. The van der Waals surface area contributed by atoms with Crippen molar-refractivity contribution in [2.75, 3.05) is 19.7 Å². The Hall–Kier alpha value is -2.21. The van der Waals surface area contributed by atoms with Crippen molar-refractivity contribution in [2.45, 2.75) is 76.3 Å². The van der Waals surface area contributed by atoms with Crippen LogP contribution in [0.1, 0.15) is 63.4 Å². The molecule has 3 fully saturated rings. The molecule has 2 saturated heterocycles. The van der Waals surface area contributed by atoms with Gasteiger partial charge in [-0.3, -0.25) is 14.4 Å². The lowest BCUT2D eigenvalue weighted by Gasteiger charge is -2.49. The molecule has 1 aromatic carbocycles. The van der Waals surface area contributed by atoms with Gasteiger partial charge in [-0.05, 0) is 56.9 Å². The van der Waals surface area contributed by atoms with Crippen LogP contribution in [0.2, 0.25) is 0 Å². The number of aliphatic hydroxyl groups is 1. The Balaban J connectivity index is 1.37. The normalized spacial score (nSPS) is 25.0. The summed E-state index contributed by atoms with van der Waals surface area (Å²) >= 11 is 0. The van der Waals surface area contributed by atoms with Gasteiger partial charge in [0.1, 0.15) is 6.04 Å². The molecular formula is C25H34N2O4. The van der Waals surface area contributed by atoms with Crippen molar-refractivity contribution in [3.63, 3.8) is 0 Å². The molecule has 2 aliphatic heterocycles. The summed E-state index contributed by atoms with van der Waals surface area (Å²) in [5.41, 5.74) is 0.382. The fraction of sp³-hybridized carbons (Fsp3) is 0.640. The molecule has 4 rings (SSSR count). The van der Waals surface area contributed by atoms with E-state index in [2.05, 4.69) is 12.1 Å². The van der Waals surface area contributed by atoms with Crippen molar-refractivity contribution < 1.29 is 19.5 Å². The Bertz CT molecular complexity index is 803. The Morgan fingerprint density at radius 3 is 2.48 bits per heavy atom. The number of Topliss-reactive ketones (excluding diaryl/α,β-unsaturated/α-hetero) is 1. The maximum Gasteiger partial charge on any atom is 0.291 e. The van der Waals surface area contributed by atoms with Crippen LogP contribution in [0.25, 0.3) is 0 Å². The van der Waals surface area contributed by atoms with Gasteiger partial charge in [-0.1, -0.05) is 43.2 Å². The molecular weight excluding hydrogens is 392 g/mol. The molecule has 2 bridgehead atoms. The Morgan fingerprint density at radius 2 is 1.77 bits per heavy atom. The highest BCUT2D eigenvalue weighted by atomic mass is 16.3. The third kappa shape index (κ3) is 4.40. The molecule has 6 nitrogen and oxygen atoms in total. The lowest BCUT2D eigenvalue weighted by atomic mass is 9.80. The highest BCUT2D eigenvalue weighted by Gasteiger charge is 2.51. The van der Waals surface area contributed by atoms with E-state index < -0.39 is 23.1 Å². The summed E-state index contributed by atoms with van der Waals surface area (Å²) in [5.74, 6) is -1.03. The molecule has 0 spiro atoms. The van der Waals surface area contributed by atoms with E-state index >= 15 is 0 Å². The fourth-order valence-electron chi connectivity index (χ4n) is 5.69. The average molecular weight is 427 g/mol. The van der Waals surface area contributed by atoms with E-state index in [0.29, 0.717) is 32.4 Å². The van der Waals surface area contributed by atoms with Gasteiger partial charge in [0.2, 0.25) is 11.7 Å². The number of amides is 2. The van der Waals surface area contributed by atoms with Crippen molar-refractivity contribution in [3.8, 4) is 0 Å². The van der Waals surface area contributed by atoms with E-state index in [0.717, 1.165) is 44.9 Å². The summed E-state index contributed by atoms with van der Waals surface area (Å²) in [7, 11) is 0. The molecule has 1 N–H and O–H groups in total. The maximum atomic E-state index is 13.2. The second kappa shape index (κ2) is 9.51. The van der Waals surface area contributed by atoms with Gasteiger partial charge in [0.05, 0.1) is 18.1 Å². The minimum absolute atomic E-state index is 0.0127. The van der Waals surface area contributed by atoms with Gasteiger partial charge in [-0.15, -0.1) is 0 Å². The number of rotatable bonds is 8. The number of likely N-dealkylation sites (tertiary alicyclic amines) is 1. The molecule has 2 amide bonds. The molecule has 1 aromatic rings. The minimum Gasteiger partial charge on any atom is -0.395 e. The SMILES string of the molecule is O=C1C2CCCC(CN1CCCCc1ccccc1)N2C(=O)C(=O)C1(CO)CCCC1. The van der Waals surface area contributed by atoms with Crippen LogP contribution in [0.4, 0.5) is 0 Å². The highest BCUT2D eigenvalue weighted by Crippen LogP contribution is 2.40. The molecule has 2 unspecified atom stereocenters. The number of unbranched alkanes of at least 4 members (excludes halogenated alkanes) is 1. The van der Waals surface area contributed by atoms with Crippen LogP contribution in [-0.2, 0) is 20.8 Å². The van der Waals surface area contributed by atoms with E-state index in [1.54, 1.807) is 4.90 Å². The summed E-state index contributed by atoms with van der Waals surface area (Å²) in [6.07, 6.45) is 8.17. The van der Waals surface area contributed by atoms with Gasteiger partial charge in [0.25, 0.3) is 5.91 Å². The van der Waals surface area contributed by atoms with Crippen molar-refractivity contribution in [2.24, 2.45) is 5.41 Å². The second-order valence-corrected chi connectivity index (χ2v) is 9.51. The lowest BCUT2D eigenvalue weighted by molar-refractivity contribution is -0.165. The predicted molar refractivity (Wildman–Crippen MR) is 117 cm³/mol. The van der Waals surface area contributed by atoms with Crippen molar-refractivity contribution in [1.82, 2.24) is 9.80 Å². The first-order valence-electron chi connectivity index (χ1n) is 11.9. The first-order valence-corrected chi connectivity index (χ1v) is 11.9. The number of fused-ring (bicyclic) bond motifs is 2. The minimum atomic E-state index is -0.928. The smallest absolute Gasteiger partial charge is 0.291 e. The number of hydrogen-bond donors (Lipinski definition) is 1. The van der Waals surface area contributed by atoms with Crippen LogP contribution in [0.5, 0.6) is 0 Å². The number of aliphatic hydroxyl groups excluding tert-OH is 1. The molecule has 0 radical (unpaired) electrons. The maximum absolute atomic E-state index is 13.2. The average Bonchev–Trinajstić information content (AvgIpc) is 3.30. The quantitative estimate of drug-likeness (QED) is 0.512. The van der Waals surface area contributed by atoms with Gasteiger partial charge < -0.3 is 14.9 Å². The highest BCUT2D eigenvalue weighted by molar-refractivity contribution is 6.38. The lowest BCUT2D eigenvalue weighted by Crippen LogP contribution is -2.67. The second-order valence-electron chi connectivity index (χ2n) is 9.51. The number of piperazine rings is 1. The fourth-order valence-corrected chi connectivity index (χ4v) is 5.69. The van der Waals surface area contributed by atoms with Crippen LogP contribution >= 0.6 is 0 Å². The van der Waals surface area contributed by atoms with E-state index in [-0.39, 0.29) is 18.6 Å². The molecule has 2 atom stereocenters. The molecule has 1 aliphatic carbocycles. The van der Waals surface area contributed by atoms with E-state index in [1.807, 2.05) is 23.1 Å². The summed E-state index contributed by atoms with van der Waals surface area (Å²) < 4.78 is 0. The van der Waals surface area contributed by atoms with Crippen LogP contribution in [0.3, 0.4) is 0 Å². The number of carbonyl (C=O) groups excluding carboxylic acids is 3. The van der Waals surface area contributed by atoms with Gasteiger partial charge in [-0.25, -0.2) is 0 Å². The summed E-state index contributed by atoms with van der Waals surface area (Å²) in [6.45, 7) is 0.948. The number of ketones is 1. The van der Waals surface area contributed by atoms with Crippen LogP contribution in [0.15, 0.2) is 30.3 Å². The summed E-state index contributed by atoms with van der Waals surface area (Å²) in [5, 5.41) is 9.87. The number of aryl methyl sites for hydroxylation is 1. The van der Waals surface area contributed by atoms with Gasteiger partial charge in [0.15, 0.2) is 0 Å². The molecule has 31 heavy (non-hydrogen) atoms. The van der Waals surface area contributed by atoms with Gasteiger partial charge in [-0.2, -0.15) is 0 Å². The largest absolute Gasteiger partial charge is 0.395 e. The topological polar surface area (TPSA) is 77.9 Å². The molecule has 6 heteroatoms. The summed E-state index contributed by atoms with van der Waals surface area (Å²) in [4.78, 5) is 43.0.